The molecular formula is C19H19N5O13S4. The van der Waals surface area contributed by atoms with E-state index >= 15 is 0 Å². The van der Waals surface area contributed by atoms with Gasteiger partial charge in [0.1, 0.15) is 16.3 Å². The Balaban J connectivity index is 2.05. The summed E-state index contributed by atoms with van der Waals surface area (Å²) in [7, 11) is -7.36. The quantitative estimate of drug-likeness (QED) is 0.0300. The van der Waals surface area contributed by atoms with Crippen LogP contribution in [0, 0.1) is 0 Å². The third kappa shape index (κ3) is 8.06. The second-order valence-electron chi connectivity index (χ2n) is 7.35. The van der Waals surface area contributed by atoms with Crippen molar-refractivity contribution in [1.82, 2.24) is 0 Å². The molecule has 0 fully saturated rings. The molecule has 0 aliphatic heterocycles. The number of benzene rings is 3. The van der Waals surface area contributed by atoms with E-state index in [1.54, 1.807) is 0 Å². The first-order valence-corrected chi connectivity index (χ1v) is 15.0. The summed E-state index contributed by atoms with van der Waals surface area (Å²) in [5, 5.41) is 49.2. The predicted octanol–water partition coefficient (Wildman–Crippen LogP) is 4.71. The van der Waals surface area contributed by atoms with Crippen molar-refractivity contribution < 1.29 is 59.9 Å². The molecule has 0 radical (unpaired) electrons. The average Bonchev–Trinajstić information content (AvgIpc) is 2.92. The zero-order valence-corrected chi connectivity index (χ0v) is 23.6. The molecule has 0 aliphatic rings. The van der Waals surface area contributed by atoms with E-state index in [1.165, 1.54) is 31.3 Å². The van der Waals surface area contributed by atoms with Gasteiger partial charge in [0.2, 0.25) is 0 Å². The molecule has 3 rings (SSSR count). The Morgan fingerprint density at radius 3 is 2.27 bits per heavy atom. The van der Waals surface area contributed by atoms with E-state index in [9.17, 15) is 26.5 Å². The molecule has 3 aromatic carbocycles. The van der Waals surface area contributed by atoms with Crippen LogP contribution in [0.25, 0.3) is 10.8 Å². The number of hydrogen-bond donors (Lipinski definition) is 5. The molecule has 0 aliphatic carbocycles. The van der Waals surface area contributed by atoms with Gasteiger partial charge in [-0.1, -0.05) is 10.1 Å². The van der Waals surface area contributed by atoms with Crippen molar-refractivity contribution in [3.05, 3.63) is 36.4 Å². The molecule has 18 nitrogen and oxygen atoms in total. The van der Waals surface area contributed by atoms with Crippen molar-refractivity contribution in [2.24, 2.45) is 20.5 Å². The highest BCUT2D eigenvalue weighted by Gasteiger charge is 2.25. The zero-order valence-electron chi connectivity index (χ0n) is 20.3. The molecule has 0 heterocycles. The summed E-state index contributed by atoms with van der Waals surface area (Å²) < 4.78 is 72.0. The molecule has 0 saturated heterocycles. The molecule has 0 spiro atoms. The summed E-state index contributed by atoms with van der Waals surface area (Å²) in [4.78, 5) is -0.898. The first-order valence-electron chi connectivity index (χ1n) is 10.5. The Morgan fingerprint density at radius 2 is 1.66 bits per heavy atom. The fourth-order valence-corrected chi connectivity index (χ4v) is 5.88. The molecule has 22 heteroatoms. The number of nitrogen functional groups attached to an aromatic ring is 1. The Kier molecular flexibility index (Phi) is 11.3. The summed E-state index contributed by atoms with van der Waals surface area (Å²) in [5.41, 5.74) is 5.50. The minimum Gasteiger partial charge on any atom is -0.505 e. The highest BCUT2D eigenvalue weighted by atomic mass is 32.2. The second kappa shape index (κ2) is 14.3. The van der Waals surface area contributed by atoms with E-state index in [4.69, 9.17) is 20.4 Å². The molecule has 0 amide bonds. The van der Waals surface area contributed by atoms with Gasteiger partial charge in [0.15, 0.2) is 27.9 Å². The summed E-state index contributed by atoms with van der Waals surface area (Å²) in [6.07, 6.45) is 0. The van der Waals surface area contributed by atoms with Gasteiger partial charge in [-0.25, -0.2) is 18.9 Å². The maximum absolute atomic E-state index is 12.4. The normalized spacial score (nSPS) is 12.7. The van der Waals surface area contributed by atoms with Crippen molar-refractivity contribution in [2.75, 3.05) is 25.1 Å². The topological polar surface area (TPSA) is 271 Å². The largest absolute Gasteiger partial charge is 0.505 e. The van der Waals surface area contributed by atoms with Crippen LogP contribution in [0.5, 0.6) is 5.75 Å². The SMILES string of the molecule is C/N=N/c1cc(S(=O)(=O)O)c2cc(SOOO)c(/N=N/c3ccc(S(=O)(=O)CCOSOOO)cc3)c(O)c2c1N. The molecular weight excluding hydrogens is 634 g/mol. The lowest BCUT2D eigenvalue weighted by Crippen LogP contribution is -2.10. The van der Waals surface area contributed by atoms with Gasteiger partial charge in [-0.15, -0.1) is 13.8 Å². The Labute approximate surface area is 239 Å². The molecule has 6 N–H and O–H groups in total. The van der Waals surface area contributed by atoms with Gasteiger partial charge in [0.25, 0.3) is 10.1 Å². The number of anilines is 1. The first-order chi connectivity index (χ1) is 19.4. The highest BCUT2D eigenvalue weighted by Crippen LogP contribution is 2.49. The van der Waals surface area contributed by atoms with Gasteiger partial charge >= 0.3 is 0 Å². The maximum Gasteiger partial charge on any atom is 0.295 e. The van der Waals surface area contributed by atoms with Gasteiger partial charge in [-0.3, -0.25) is 8.74 Å². The smallest absolute Gasteiger partial charge is 0.295 e. The molecule has 222 valence electrons. The van der Waals surface area contributed by atoms with Gasteiger partial charge < -0.3 is 10.8 Å². The van der Waals surface area contributed by atoms with Crippen molar-refractivity contribution in [1.29, 1.82) is 0 Å². The van der Waals surface area contributed by atoms with Gasteiger partial charge in [-0.05, 0) is 36.4 Å². The number of phenols is 1. The van der Waals surface area contributed by atoms with E-state index in [2.05, 4.69) is 39.2 Å². The Bertz CT molecular complexity index is 1670. The number of azo groups is 2. The molecule has 0 bridgehead atoms. The lowest BCUT2D eigenvalue weighted by atomic mass is 10.0. The standard InChI is InChI=1S/C19H19N5O13S4/c1-21-23-13-9-15(41(30,31)32)12-8-14(38-36-34-26)18(19(25)16(12)17(13)20)24-22-10-2-4-11(5-3-10)40(28,29)7-6-33-39-37-35-27/h2-5,8-9,25-27H,6-7,20H2,1H3,(H,30,31,32)/b23-21+,24-22+. The highest BCUT2D eigenvalue weighted by molar-refractivity contribution is 7.94. The molecule has 0 saturated carbocycles. The lowest BCUT2D eigenvalue weighted by molar-refractivity contribution is -0.434. The number of nitrogens with zero attached hydrogens (tertiary/aromatic N) is 4. The fraction of sp³-hybridized carbons (Fsp3) is 0.158. The van der Waals surface area contributed by atoms with Crippen LogP contribution in [-0.2, 0) is 42.9 Å². The number of nitrogens with two attached hydrogens (primary N) is 1. The van der Waals surface area contributed by atoms with Crippen molar-refractivity contribution in [3.8, 4) is 5.75 Å². The van der Waals surface area contributed by atoms with Crippen LogP contribution in [0.2, 0.25) is 0 Å². The Hall–Kier alpha value is -3.00. The third-order valence-electron chi connectivity index (χ3n) is 4.96. The van der Waals surface area contributed by atoms with Crippen LogP contribution < -0.4 is 5.73 Å². The minimum atomic E-state index is -4.87. The second-order valence-corrected chi connectivity index (χ2v) is 12.1. The molecule has 3 aromatic rings. The molecule has 0 unspecified atom stereocenters. The van der Waals surface area contributed by atoms with Crippen LogP contribution in [0.4, 0.5) is 22.7 Å². The summed E-state index contributed by atoms with van der Waals surface area (Å²) in [6.45, 7) is -0.289. The predicted molar refractivity (Wildman–Crippen MR) is 142 cm³/mol. The number of fused-ring (bicyclic) bond motifs is 1. The van der Waals surface area contributed by atoms with Crippen molar-refractivity contribution >= 4 is 77.8 Å². The van der Waals surface area contributed by atoms with Crippen LogP contribution in [0.15, 0.2) is 71.5 Å². The number of sulfone groups is 1. The fourth-order valence-electron chi connectivity index (χ4n) is 3.28. The summed E-state index contributed by atoms with van der Waals surface area (Å²) in [6, 6.07) is 7.14. The van der Waals surface area contributed by atoms with Crippen LogP contribution in [0.1, 0.15) is 0 Å². The number of hydrogen-bond acceptors (Lipinski definition) is 19. The van der Waals surface area contributed by atoms with E-state index in [0.29, 0.717) is 12.0 Å². The van der Waals surface area contributed by atoms with E-state index in [-0.39, 0.29) is 62.2 Å². The monoisotopic (exact) mass is 653 g/mol. The first kappa shape index (κ1) is 32.5. The zero-order chi connectivity index (χ0) is 30.2. The van der Waals surface area contributed by atoms with Crippen LogP contribution >= 0.6 is 24.4 Å². The molecule has 0 aromatic heterocycles. The summed E-state index contributed by atoms with van der Waals surface area (Å²) >= 11 is 0.533. The van der Waals surface area contributed by atoms with Gasteiger partial charge in [0, 0.05) is 12.4 Å². The number of rotatable bonds is 14. The minimum absolute atomic E-state index is 0.0780. The van der Waals surface area contributed by atoms with Crippen LogP contribution in [-0.4, -0.2) is 56.4 Å². The third-order valence-corrected chi connectivity index (χ3v) is 8.55. The molecule has 41 heavy (non-hydrogen) atoms. The molecule has 0 atom stereocenters. The summed E-state index contributed by atoms with van der Waals surface area (Å²) in [5.74, 6) is -1.14. The number of aromatic hydroxyl groups is 1. The Morgan fingerprint density at radius 1 is 0.976 bits per heavy atom. The van der Waals surface area contributed by atoms with E-state index < -0.39 is 36.4 Å². The van der Waals surface area contributed by atoms with Gasteiger partial charge in [0.05, 0.1) is 51.0 Å². The van der Waals surface area contributed by atoms with Crippen molar-refractivity contribution in [3.63, 3.8) is 0 Å². The van der Waals surface area contributed by atoms with E-state index in [0.717, 1.165) is 12.1 Å². The number of phenolic OH excluding ortho intramolecular Hbond substituents is 1. The van der Waals surface area contributed by atoms with E-state index in [1.807, 2.05) is 0 Å². The lowest BCUT2D eigenvalue weighted by Gasteiger charge is -2.14. The van der Waals surface area contributed by atoms with Crippen molar-refractivity contribution in [2.45, 2.75) is 14.7 Å². The van der Waals surface area contributed by atoms with Crippen LogP contribution in [0.3, 0.4) is 0 Å². The maximum atomic E-state index is 12.4. The van der Waals surface area contributed by atoms with Gasteiger partial charge in [-0.2, -0.15) is 23.8 Å². The average molecular weight is 654 g/mol.